The Hall–Kier alpha value is -0.0800. The first-order valence-electron chi connectivity index (χ1n) is 5.15. The molecule has 2 aliphatic rings. The van der Waals surface area contributed by atoms with Crippen LogP contribution in [-0.2, 0) is 4.74 Å². The third-order valence-electron chi connectivity index (χ3n) is 3.46. The van der Waals surface area contributed by atoms with Gasteiger partial charge in [-0.1, -0.05) is 6.92 Å². The molecule has 0 aromatic rings. The predicted octanol–water partition coefficient (Wildman–Crippen LogP) is 1.68. The van der Waals surface area contributed by atoms with Crippen LogP contribution >= 0.6 is 0 Å². The fourth-order valence-electron chi connectivity index (χ4n) is 2.24. The van der Waals surface area contributed by atoms with E-state index in [1.165, 1.54) is 25.7 Å². The lowest BCUT2D eigenvalue weighted by Gasteiger charge is -2.32. The van der Waals surface area contributed by atoms with Crippen molar-refractivity contribution in [2.45, 2.75) is 50.7 Å². The molecule has 0 aromatic heterocycles. The van der Waals surface area contributed by atoms with Crippen molar-refractivity contribution in [1.29, 1.82) is 0 Å². The smallest absolute Gasteiger partial charge is 0.0575 e. The van der Waals surface area contributed by atoms with Crippen LogP contribution < -0.4 is 5.73 Å². The second-order valence-electron chi connectivity index (χ2n) is 4.36. The Morgan fingerprint density at radius 1 is 1.50 bits per heavy atom. The van der Waals surface area contributed by atoms with E-state index in [1.807, 2.05) is 0 Å². The van der Waals surface area contributed by atoms with Crippen LogP contribution in [0.2, 0.25) is 0 Å². The molecule has 0 amide bonds. The van der Waals surface area contributed by atoms with Gasteiger partial charge in [0.2, 0.25) is 0 Å². The largest absolute Gasteiger partial charge is 0.378 e. The minimum Gasteiger partial charge on any atom is -0.378 e. The van der Waals surface area contributed by atoms with Gasteiger partial charge in [0.1, 0.15) is 0 Å². The molecule has 1 aliphatic carbocycles. The van der Waals surface area contributed by atoms with Gasteiger partial charge in [-0.25, -0.2) is 0 Å². The summed E-state index contributed by atoms with van der Waals surface area (Å²) in [6, 6.07) is 0. The number of nitrogens with two attached hydrogens (primary N) is 1. The van der Waals surface area contributed by atoms with Crippen LogP contribution in [0.4, 0.5) is 0 Å². The van der Waals surface area contributed by atoms with Crippen LogP contribution in [0.3, 0.4) is 0 Å². The zero-order valence-corrected chi connectivity index (χ0v) is 7.88. The normalized spacial score (nSPS) is 39.5. The van der Waals surface area contributed by atoms with E-state index in [9.17, 15) is 0 Å². The van der Waals surface area contributed by atoms with E-state index in [-0.39, 0.29) is 5.54 Å². The van der Waals surface area contributed by atoms with Crippen molar-refractivity contribution in [2.24, 2.45) is 11.7 Å². The number of hydrogen-bond acceptors (Lipinski definition) is 2. The summed E-state index contributed by atoms with van der Waals surface area (Å²) in [5, 5.41) is 0. The molecule has 2 atom stereocenters. The molecule has 0 bridgehead atoms. The number of rotatable bonds is 2. The molecule has 2 unspecified atom stereocenters. The number of hydrogen-bond donors (Lipinski definition) is 1. The topological polar surface area (TPSA) is 35.2 Å². The van der Waals surface area contributed by atoms with Crippen LogP contribution in [-0.4, -0.2) is 18.2 Å². The molecule has 2 fully saturated rings. The second kappa shape index (κ2) is 3.00. The Labute approximate surface area is 74.5 Å². The Balaban J connectivity index is 1.90. The molecule has 0 radical (unpaired) electrons. The molecule has 1 saturated heterocycles. The van der Waals surface area contributed by atoms with E-state index >= 15 is 0 Å². The van der Waals surface area contributed by atoms with Crippen LogP contribution in [0, 0.1) is 5.92 Å². The molecule has 2 nitrogen and oxygen atoms in total. The van der Waals surface area contributed by atoms with Crippen LogP contribution in [0.25, 0.3) is 0 Å². The highest BCUT2D eigenvalue weighted by Crippen LogP contribution is 2.45. The summed E-state index contributed by atoms with van der Waals surface area (Å²) in [5.41, 5.74) is 6.40. The van der Waals surface area contributed by atoms with Gasteiger partial charge in [-0.15, -0.1) is 0 Å². The minimum absolute atomic E-state index is 0.219. The Morgan fingerprint density at radius 2 is 2.25 bits per heavy atom. The third-order valence-corrected chi connectivity index (χ3v) is 3.46. The highest BCUT2D eigenvalue weighted by Gasteiger charge is 2.46. The molecule has 70 valence electrons. The monoisotopic (exact) mass is 169 g/mol. The first-order valence-corrected chi connectivity index (χ1v) is 5.15. The van der Waals surface area contributed by atoms with Crippen LogP contribution in [0.15, 0.2) is 0 Å². The van der Waals surface area contributed by atoms with E-state index in [0.29, 0.717) is 6.10 Å². The third kappa shape index (κ3) is 1.50. The minimum atomic E-state index is 0.219. The van der Waals surface area contributed by atoms with Crippen molar-refractivity contribution in [1.82, 2.24) is 0 Å². The lowest BCUT2D eigenvalue weighted by Crippen LogP contribution is -2.39. The van der Waals surface area contributed by atoms with Crippen molar-refractivity contribution in [3.63, 3.8) is 0 Å². The summed E-state index contributed by atoms with van der Waals surface area (Å²) in [4.78, 5) is 0. The van der Waals surface area contributed by atoms with Gasteiger partial charge in [0, 0.05) is 12.1 Å². The molecule has 2 N–H and O–H groups in total. The summed E-state index contributed by atoms with van der Waals surface area (Å²) >= 11 is 0. The van der Waals surface area contributed by atoms with Crippen molar-refractivity contribution in [3.8, 4) is 0 Å². The SMILES string of the molecule is CCC1CC(C2(N)CC2)CCO1. The fraction of sp³-hybridized carbons (Fsp3) is 1.00. The molecule has 2 rings (SSSR count). The maximum Gasteiger partial charge on any atom is 0.0575 e. The molecule has 0 aromatic carbocycles. The molecule has 0 spiro atoms. The van der Waals surface area contributed by atoms with Gasteiger partial charge in [-0.05, 0) is 38.0 Å². The summed E-state index contributed by atoms with van der Waals surface area (Å²) in [6.07, 6.45) is 6.51. The summed E-state index contributed by atoms with van der Waals surface area (Å²) in [5.74, 6) is 0.746. The zero-order valence-electron chi connectivity index (χ0n) is 7.88. The standard InChI is InChI=1S/C10H19NO/c1-2-9-7-8(3-6-12-9)10(11)4-5-10/h8-9H,2-7,11H2,1H3. The van der Waals surface area contributed by atoms with E-state index in [0.717, 1.165) is 18.9 Å². The molecule has 1 saturated carbocycles. The van der Waals surface area contributed by atoms with E-state index in [1.54, 1.807) is 0 Å². The molecular formula is C10H19NO. The number of ether oxygens (including phenoxy) is 1. The Bertz CT molecular complexity index is 165. The van der Waals surface area contributed by atoms with E-state index < -0.39 is 0 Å². The first-order chi connectivity index (χ1) is 5.74. The summed E-state index contributed by atoms with van der Waals surface area (Å²) in [7, 11) is 0. The quantitative estimate of drug-likeness (QED) is 0.682. The molecular weight excluding hydrogens is 150 g/mol. The van der Waals surface area contributed by atoms with Gasteiger partial charge in [-0.3, -0.25) is 0 Å². The molecule has 12 heavy (non-hydrogen) atoms. The second-order valence-corrected chi connectivity index (χ2v) is 4.36. The Kier molecular flexibility index (Phi) is 2.13. The van der Waals surface area contributed by atoms with E-state index in [4.69, 9.17) is 10.5 Å². The van der Waals surface area contributed by atoms with Gasteiger partial charge >= 0.3 is 0 Å². The van der Waals surface area contributed by atoms with Gasteiger partial charge < -0.3 is 10.5 Å². The van der Waals surface area contributed by atoms with Crippen molar-refractivity contribution < 1.29 is 4.74 Å². The summed E-state index contributed by atoms with van der Waals surface area (Å²) < 4.78 is 5.62. The van der Waals surface area contributed by atoms with Crippen LogP contribution in [0.5, 0.6) is 0 Å². The highest BCUT2D eigenvalue weighted by molar-refractivity contribution is 5.04. The van der Waals surface area contributed by atoms with Gasteiger partial charge in [0.05, 0.1) is 6.10 Å². The average molecular weight is 169 g/mol. The maximum absolute atomic E-state index is 6.18. The Morgan fingerprint density at radius 3 is 2.83 bits per heavy atom. The van der Waals surface area contributed by atoms with Crippen molar-refractivity contribution in [2.75, 3.05) is 6.61 Å². The predicted molar refractivity (Wildman–Crippen MR) is 48.9 cm³/mol. The highest BCUT2D eigenvalue weighted by atomic mass is 16.5. The van der Waals surface area contributed by atoms with Crippen molar-refractivity contribution >= 4 is 0 Å². The van der Waals surface area contributed by atoms with Crippen molar-refractivity contribution in [3.05, 3.63) is 0 Å². The molecule has 1 heterocycles. The summed E-state index contributed by atoms with van der Waals surface area (Å²) in [6.45, 7) is 3.13. The van der Waals surface area contributed by atoms with Gasteiger partial charge in [0.25, 0.3) is 0 Å². The first kappa shape index (κ1) is 8.52. The lowest BCUT2D eigenvalue weighted by atomic mass is 9.86. The van der Waals surface area contributed by atoms with E-state index in [2.05, 4.69) is 6.92 Å². The maximum atomic E-state index is 6.18. The molecule has 2 heteroatoms. The molecule has 1 aliphatic heterocycles. The zero-order chi connectivity index (χ0) is 8.60. The average Bonchev–Trinajstić information content (AvgIpc) is 2.85. The van der Waals surface area contributed by atoms with Gasteiger partial charge in [-0.2, -0.15) is 0 Å². The van der Waals surface area contributed by atoms with Gasteiger partial charge in [0.15, 0.2) is 0 Å². The lowest BCUT2D eigenvalue weighted by molar-refractivity contribution is -0.0181. The van der Waals surface area contributed by atoms with Crippen LogP contribution in [0.1, 0.15) is 39.0 Å². The fourth-order valence-corrected chi connectivity index (χ4v) is 2.24.